The molecular weight excluding hydrogens is 456 g/mol. The summed E-state index contributed by atoms with van der Waals surface area (Å²) in [6.07, 6.45) is 0. The molecule has 1 fully saturated rings. The first kappa shape index (κ1) is 23.9. The van der Waals surface area contributed by atoms with E-state index in [1.807, 2.05) is 36.9 Å². The Bertz CT molecular complexity index is 1280. The number of esters is 1. The number of amides is 1. The van der Waals surface area contributed by atoms with Crippen LogP contribution in [0.25, 0.3) is 10.8 Å². The monoisotopic (exact) mass is 482 g/mol. The predicted octanol–water partition coefficient (Wildman–Crippen LogP) is 3.30. The van der Waals surface area contributed by atoms with E-state index >= 15 is 0 Å². The number of carbonyl (C=O) groups excluding carboxylic acids is 2. The van der Waals surface area contributed by atoms with Crippen molar-refractivity contribution >= 4 is 34.2 Å². The van der Waals surface area contributed by atoms with E-state index in [0.29, 0.717) is 47.5 Å². The number of nitrogens with zero attached hydrogens (tertiary/aromatic N) is 4. The second kappa shape index (κ2) is 9.95. The van der Waals surface area contributed by atoms with Crippen molar-refractivity contribution in [1.82, 2.24) is 19.6 Å². The highest BCUT2D eigenvalue weighted by Gasteiger charge is 2.34. The molecule has 1 aliphatic heterocycles. The maximum Gasteiger partial charge on any atom is 0.327 e. The predicted molar refractivity (Wildman–Crippen MR) is 130 cm³/mol. The van der Waals surface area contributed by atoms with Gasteiger partial charge in [-0.05, 0) is 31.5 Å². The van der Waals surface area contributed by atoms with Crippen LogP contribution < -0.4 is 5.56 Å². The fourth-order valence-electron chi connectivity index (χ4n) is 4.33. The lowest BCUT2D eigenvalue weighted by molar-refractivity contribution is -0.148. The van der Waals surface area contributed by atoms with Crippen LogP contribution in [0.2, 0.25) is 5.02 Å². The number of aromatic nitrogens is 2. The van der Waals surface area contributed by atoms with Gasteiger partial charge in [0, 0.05) is 36.6 Å². The van der Waals surface area contributed by atoms with Crippen molar-refractivity contribution in [2.75, 3.05) is 33.3 Å². The van der Waals surface area contributed by atoms with Gasteiger partial charge in [-0.2, -0.15) is 5.10 Å². The number of ether oxygens (including phenoxy) is 1. The molecular formula is C25H27ClN4O4. The highest BCUT2D eigenvalue weighted by molar-refractivity contribution is 6.31. The fraction of sp³-hybridized carbons (Fsp3) is 0.360. The summed E-state index contributed by atoms with van der Waals surface area (Å²) in [5.41, 5.74) is 0.716. The van der Waals surface area contributed by atoms with Crippen LogP contribution in [-0.4, -0.2) is 64.7 Å². The van der Waals surface area contributed by atoms with Crippen LogP contribution in [0.3, 0.4) is 0 Å². The molecule has 3 aromatic rings. The van der Waals surface area contributed by atoms with Crippen LogP contribution in [0.1, 0.15) is 42.0 Å². The van der Waals surface area contributed by atoms with E-state index in [9.17, 15) is 14.4 Å². The second-order valence-corrected chi connectivity index (χ2v) is 8.92. The van der Waals surface area contributed by atoms with Gasteiger partial charge < -0.3 is 9.64 Å². The van der Waals surface area contributed by atoms with Gasteiger partial charge in [0.25, 0.3) is 11.5 Å². The average Bonchev–Trinajstić information content (AvgIpc) is 2.85. The molecule has 2 heterocycles. The lowest BCUT2D eigenvalue weighted by Gasteiger charge is -2.38. The highest BCUT2D eigenvalue weighted by atomic mass is 35.5. The van der Waals surface area contributed by atoms with E-state index in [1.54, 1.807) is 35.2 Å². The summed E-state index contributed by atoms with van der Waals surface area (Å²) in [5, 5.41) is 5.94. The van der Waals surface area contributed by atoms with Gasteiger partial charge in [-0.3, -0.25) is 14.5 Å². The molecule has 0 spiro atoms. The topological polar surface area (TPSA) is 84.7 Å². The number of rotatable bonds is 5. The molecule has 1 aliphatic rings. The number of methoxy groups -OCH3 is 1. The Kier molecular flexibility index (Phi) is 7.00. The minimum absolute atomic E-state index is 0.183. The van der Waals surface area contributed by atoms with Crippen molar-refractivity contribution in [2.45, 2.75) is 25.9 Å². The van der Waals surface area contributed by atoms with Crippen LogP contribution in [0.15, 0.2) is 53.3 Å². The third-order valence-corrected chi connectivity index (χ3v) is 6.46. The molecule has 0 saturated carbocycles. The van der Waals surface area contributed by atoms with Gasteiger partial charge >= 0.3 is 5.97 Å². The lowest BCUT2D eigenvalue weighted by Crippen LogP contribution is -2.51. The molecule has 9 heteroatoms. The van der Waals surface area contributed by atoms with E-state index in [-0.39, 0.29) is 23.2 Å². The number of hydrogen-bond donors (Lipinski definition) is 0. The van der Waals surface area contributed by atoms with Crippen LogP contribution in [0.4, 0.5) is 0 Å². The summed E-state index contributed by atoms with van der Waals surface area (Å²) in [6.45, 7) is 5.42. The van der Waals surface area contributed by atoms with E-state index < -0.39 is 12.0 Å². The molecule has 2 aromatic carbocycles. The van der Waals surface area contributed by atoms with E-state index in [0.717, 1.165) is 0 Å². The van der Waals surface area contributed by atoms with Crippen molar-refractivity contribution < 1.29 is 14.3 Å². The Morgan fingerprint density at radius 2 is 1.59 bits per heavy atom. The molecule has 4 rings (SSSR count). The molecule has 0 N–H and O–H groups in total. The summed E-state index contributed by atoms with van der Waals surface area (Å²) in [4.78, 5) is 42.6. The Morgan fingerprint density at radius 1 is 0.971 bits per heavy atom. The smallest absolute Gasteiger partial charge is 0.327 e. The van der Waals surface area contributed by atoms with Gasteiger partial charge in [0.2, 0.25) is 0 Å². The SMILES string of the molecule is COC(=O)C(c1ccccc1Cl)N1CCN(C(=O)c2nn(C(C)C)c(=O)c3ccccc23)CC1. The van der Waals surface area contributed by atoms with Crippen molar-refractivity contribution in [1.29, 1.82) is 0 Å². The standard InChI is InChI=1S/C25H27ClN4O4/c1-16(2)30-23(31)18-9-5-4-8-17(18)21(27-30)24(32)29-14-12-28(13-15-29)22(25(33)34-3)19-10-6-7-11-20(19)26/h4-11,16,22H,12-15H2,1-3H3. The van der Waals surface area contributed by atoms with E-state index in [2.05, 4.69) is 5.10 Å². The molecule has 8 nitrogen and oxygen atoms in total. The first-order chi connectivity index (χ1) is 16.3. The molecule has 1 aromatic heterocycles. The zero-order chi connectivity index (χ0) is 24.4. The molecule has 1 amide bonds. The summed E-state index contributed by atoms with van der Waals surface area (Å²) in [7, 11) is 1.35. The van der Waals surface area contributed by atoms with Gasteiger partial charge in [0.15, 0.2) is 5.69 Å². The van der Waals surface area contributed by atoms with Crippen LogP contribution in [0, 0.1) is 0 Å². The number of fused-ring (bicyclic) bond motifs is 1. The molecule has 178 valence electrons. The van der Waals surface area contributed by atoms with Crippen molar-refractivity contribution in [3.05, 3.63) is 75.2 Å². The molecule has 1 atom stereocenters. The largest absolute Gasteiger partial charge is 0.468 e. The maximum atomic E-state index is 13.5. The first-order valence-electron chi connectivity index (χ1n) is 11.2. The number of hydrogen-bond acceptors (Lipinski definition) is 6. The highest BCUT2D eigenvalue weighted by Crippen LogP contribution is 2.30. The second-order valence-electron chi connectivity index (χ2n) is 8.51. The van der Waals surface area contributed by atoms with E-state index in [1.165, 1.54) is 11.8 Å². The zero-order valence-electron chi connectivity index (χ0n) is 19.4. The Morgan fingerprint density at radius 3 is 2.21 bits per heavy atom. The van der Waals surface area contributed by atoms with Gasteiger partial charge in [-0.1, -0.05) is 48.0 Å². The summed E-state index contributed by atoms with van der Waals surface area (Å²) < 4.78 is 6.41. The quantitative estimate of drug-likeness (QED) is 0.519. The van der Waals surface area contributed by atoms with Crippen LogP contribution in [-0.2, 0) is 9.53 Å². The summed E-state index contributed by atoms with van der Waals surface area (Å²) in [6, 6.07) is 13.4. The van der Waals surface area contributed by atoms with Crippen molar-refractivity contribution in [2.24, 2.45) is 0 Å². The Hall–Kier alpha value is -3.23. The third-order valence-electron chi connectivity index (χ3n) is 6.11. The van der Waals surface area contributed by atoms with Gasteiger partial charge in [-0.25, -0.2) is 9.48 Å². The number of benzene rings is 2. The van der Waals surface area contributed by atoms with Crippen molar-refractivity contribution in [3.63, 3.8) is 0 Å². The van der Waals surface area contributed by atoms with Crippen molar-refractivity contribution in [3.8, 4) is 0 Å². The normalized spacial score (nSPS) is 15.5. The number of halogens is 1. The van der Waals surface area contributed by atoms with Gasteiger partial charge in [-0.15, -0.1) is 0 Å². The minimum atomic E-state index is -0.655. The molecule has 0 radical (unpaired) electrons. The number of piperazine rings is 1. The van der Waals surface area contributed by atoms with Crippen LogP contribution in [0.5, 0.6) is 0 Å². The average molecular weight is 483 g/mol. The van der Waals surface area contributed by atoms with Gasteiger partial charge in [0.1, 0.15) is 6.04 Å². The van der Waals surface area contributed by atoms with Crippen LogP contribution >= 0.6 is 11.6 Å². The van der Waals surface area contributed by atoms with E-state index in [4.69, 9.17) is 16.3 Å². The third kappa shape index (κ3) is 4.43. The summed E-state index contributed by atoms with van der Waals surface area (Å²) >= 11 is 6.37. The molecule has 0 bridgehead atoms. The Balaban J connectivity index is 1.60. The molecule has 34 heavy (non-hydrogen) atoms. The minimum Gasteiger partial charge on any atom is -0.468 e. The Labute approximate surface area is 202 Å². The maximum absolute atomic E-state index is 13.5. The molecule has 1 saturated heterocycles. The fourth-order valence-corrected chi connectivity index (χ4v) is 4.57. The first-order valence-corrected chi connectivity index (χ1v) is 11.6. The lowest BCUT2D eigenvalue weighted by atomic mass is 10.0. The molecule has 1 unspecified atom stereocenters. The van der Waals surface area contributed by atoms with Gasteiger partial charge in [0.05, 0.1) is 18.5 Å². The zero-order valence-corrected chi connectivity index (χ0v) is 20.2. The number of carbonyl (C=O) groups is 2. The summed E-state index contributed by atoms with van der Waals surface area (Å²) in [5.74, 6) is -0.637. The molecule has 0 aliphatic carbocycles.